The van der Waals surface area contributed by atoms with Crippen LogP contribution in [0.25, 0.3) is 0 Å². The number of rotatable bonds is 10. The topological polar surface area (TPSA) is 196 Å². The minimum Gasteiger partial charge on any atom is -0.480 e. The molecule has 1 saturated carbocycles. The number of hydrogen-bond donors (Lipinski definition) is 4. The lowest BCUT2D eigenvalue weighted by atomic mass is 9.80. The van der Waals surface area contributed by atoms with E-state index >= 15 is 0 Å². The van der Waals surface area contributed by atoms with Gasteiger partial charge in [0.2, 0.25) is 27.6 Å². The zero-order valence-electron chi connectivity index (χ0n) is 22.9. The minimum atomic E-state index is -3.78. The molecule has 3 amide bonds. The lowest BCUT2D eigenvalue weighted by Crippen LogP contribution is -2.61. The molecule has 1 aromatic carbocycles. The summed E-state index contributed by atoms with van der Waals surface area (Å²) in [7, 11) is -3.78. The Bertz CT molecular complexity index is 1280. The Hall–Kier alpha value is -3.36. The van der Waals surface area contributed by atoms with Gasteiger partial charge in [-0.15, -0.1) is 0 Å². The van der Waals surface area contributed by atoms with Crippen LogP contribution in [0.4, 0.5) is 0 Å². The lowest BCUT2D eigenvalue weighted by molar-refractivity contribution is -0.146. The maximum absolute atomic E-state index is 13.5. The number of nitrogens with one attached hydrogen (secondary N) is 2. The van der Waals surface area contributed by atoms with E-state index in [4.69, 9.17) is 10.8 Å². The van der Waals surface area contributed by atoms with E-state index in [1.807, 2.05) is 0 Å². The molecule has 1 aliphatic carbocycles. The third-order valence-corrected chi connectivity index (χ3v) is 9.98. The Balaban J connectivity index is 1.45. The van der Waals surface area contributed by atoms with Gasteiger partial charge in [0.1, 0.15) is 18.1 Å². The van der Waals surface area contributed by atoms with E-state index < -0.39 is 70.2 Å². The van der Waals surface area contributed by atoms with Crippen LogP contribution in [0.3, 0.4) is 0 Å². The standard InChI is InChI=1S/C27H37N5O8S/c1-16(27(37)38)29-26(36)24(34)23(18-7-9-19(28)10-8-18)30-25(35)21-12-11-20-13-31(14-22(33)32(20)21)41(39,40)15-17-5-3-2-4-6-17/h2-6,16,18-21,23H,7-15,28H2,1H3,(H,29,36)(H,30,35)(H,37,38)/t16-,18?,19?,20-,21-,23?/m0/s1. The van der Waals surface area contributed by atoms with Crippen LogP contribution in [-0.2, 0) is 39.7 Å². The predicted molar refractivity (Wildman–Crippen MR) is 146 cm³/mol. The molecule has 0 radical (unpaired) electrons. The Morgan fingerprint density at radius 3 is 2.32 bits per heavy atom. The molecule has 1 aromatic rings. The summed E-state index contributed by atoms with van der Waals surface area (Å²) in [4.78, 5) is 65.1. The van der Waals surface area contributed by atoms with Gasteiger partial charge in [0.05, 0.1) is 12.3 Å². The first kappa shape index (κ1) is 30.6. The Morgan fingerprint density at radius 1 is 1.02 bits per heavy atom. The van der Waals surface area contributed by atoms with Crippen LogP contribution in [0, 0.1) is 5.92 Å². The highest BCUT2D eigenvalue weighted by atomic mass is 32.2. The van der Waals surface area contributed by atoms with Gasteiger partial charge in [0.25, 0.3) is 5.91 Å². The molecule has 2 saturated heterocycles. The number of fused-ring (bicyclic) bond motifs is 1. The second-order valence-electron chi connectivity index (χ2n) is 11.1. The first-order chi connectivity index (χ1) is 19.4. The maximum Gasteiger partial charge on any atom is 0.325 e. The van der Waals surface area contributed by atoms with Crippen molar-refractivity contribution in [1.82, 2.24) is 19.8 Å². The number of carboxylic acids is 1. The third kappa shape index (κ3) is 7.11. The number of sulfonamides is 1. The summed E-state index contributed by atoms with van der Waals surface area (Å²) in [6, 6.07) is 4.68. The van der Waals surface area contributed by atoms with E-state index in [1.165, 1.54) is 11.8 Å². The quantitative estimate of drug-likeness (QED) is 0.256. The number of nitrogens with zero attached hydrogens (tertiary/aromatic N) is 2. The summed E-state index contributed by atoms with van der Waals surface area (Å²) >= 11 is 0. The lowest BCUT2D eigenvalue weighted by Gasteiger charge is -2.39. The molecule has 4 atom stereocenters. The van der Waals surface area contributed by atoms with Crippen LogP contribution >= 0.6 is 0 Å². The van der Waals surface area contributed by atoms with Crippen molar-refractivity contribution in [2.75, 3.05) is 13.1 Å². The summed E-state index contributed by atoms with van der Waals surface area (Å²) in [5.41, 5.74) is 6.60. The summed E-state index contributed by atoms with van der Waals surface area (Å²) in [5.74, 6) is -5.11. The first-order valence-corrected chi connectivity index (χ1v) is 15.4. The van der Waals surface area contributed by atoms with Gasteiger partial charge < -0.3 is 26.4 Å². The van der Waals surface area contributed by atoms with Crippen molar-refractivity contribution < 1.29 is 37.5 Å². The van der Waals surface area contributed by atoms with Gasteiger partial charge in [-0.05, 0) is 56.9 Å². The van der Waals surface area contributed by atoms with E-state index in [0.29, 0.717) is 37.7 Å². The van der Waals surface area contributed by atoms with Gasteiger partial charge in [-0.3, -0.25) is 24.0 Å². The number of ketones is 1. The fourth-order valence-electron chi connectivity index (χ4n) is 5.91. The summed E-state index contributed by atoms with van der Waals surface area (Å²) in [6.07, 6.45) is 2.84. The van der Waals surface area contributed by atoms with Crippen molar-refractivity contribution >= 4 is 39.5 Å². The number of Topliss-reactive ketones (excluding diaryl/α,β-unsaturated/α-hetero) is 1. The van der Waals surface area contributed by atoms with Gasteiger partial charge in [0, 0.05) is 18.6 Å². The average molecular weight is 592 g/mol. The normalized spacial score (nSPS) is 26.5. The molecule has 2 aliphatic heterocycles. The number of benzene rings is 1. The SMILES string of the molecule is C[C@H](NC(=O)C(=O)C(NC(=O)[C@@H]1CC[C@H]2CN(S(=O)(=O)Cc3ccccc3)CC(=O)N21)C1CCC(N)CC1)C(=O)O. The largest absolute Gasteiger partial charge is 0.480 e. The third-order valence-electron chi connectivity index (χ3n) is 8.21. The van der Waals surface area contributed by atoms with Crippen LogP contribution in [0.15, 0.2) is 30.3 Å². The van der Waals surface area contributed by atoms with Crippen LogP contribution in [0.5, 0.6) is 0 Å². The predicted octanol–water partition coefficient (Wildman–Crippen LogP) is -0.648. The molecule has 3 fully saturated rings. The molecule has 41 heavy (non-hydrogen) atoms. The zero-order valence-corrected chi connectivity index (χ0v) is 23.7. The van der Waals surface area contributed by atoms with Gasteiger partial charge >= 0.3 is 5.97 Å². The fourth-order valence-corrected chi connectivity index (χ4v) is 7.42. The Morgan fingerprint density at radius 2 is 1.68 bits per heavy atom. The van der Waals surface area contributed by atoms with Crippen molar-refractivity contribution in [1.29, 1.82) is 0 Å². The highest BCUT2D eigenvalue weighted by Crippen LogP contribution is 2.31. The van der Waals surface area contributed by atoms with Crippen LogP contribution < -0.4 is 16.4 Å². The van der Waals surface area contributed by atoms with E-state index in [2.05, 4.69) is 10.6 Å². The molecular weight excluding hydrogens is 554 g/mol. The van der Waals surface area contributed by atoms with Crippen LogP contribution in [-0.4, -0.2) is 95.5 Å². The second kappa shape index (κ2) is 12.7. The summed E-state index contributed by atoms with van der Waals surface area (Å²) in [5, 5.41) is 13.9. The number of carbonyl (C=O) groups excluding carboxylic acids is 4. The molecule has 13 nitrogen and oxygen atoms in total. The van der Waals surface area contributed by atoms with Gasteiger partial charge in [0.15, 0.2) is 0 Å². The minimum absolute atomic E-state index is 0.0544. The Labute approximate surface area is 238 Å². The van der Waals surface area contributed by atoms with E-state index in [0.717, 1.165) is 4.31 Å². The van der Waals surface area contributed by atoms with E-state index in [1.54, 1.807) is 30.3 Å². The molecule has 14 heteroatoms. The molecule has 5 N–H and O–H groups in total. The van der Waals surface area contributed by atoms with Crippen LogP contribution in [0.2, 0.25) is 0 Å². The number of hydrogen-bond acceptors (Lipinski definition) is 8. The fraction of sp³-hybridized carbons (Fsp3) is 0.593. The number of carboxylic acid groups (broad SMARTS) is 1. The van der Waals surface area contributed by atoms with E-state index in [-0.39, 0.29) is 30.7 Å². The molecule has 3 aliphatic rings. The van der Waals surface area contributed by atoms with Gasteiger partial charge in [-0.2, -0.15) is 4.31 Å². The zero-order chi connectivity index (χ0) is 29.9. The highest BCUT2D eigenvalue weighted by Gasteiger charge is 2.48. The van der Waals surface area contributed by atoms with Crippen molar-refractivity contribution in [3.05, 3.63) is 35.9 Å². The number of amides is 3. The van der Waals surface area contributed by atoms with Crippen molar-refractivity contribution in [3.8, 4) is 0 Å². The number of aliphatic carboxylic acids is 1. The molecular formula is C27H37N5O8S. The Kier molecular flexibility index (Phi) is 9.44. The van der Waals surface area contributed by atoms with Crippen LogP contribution in [0.1, 0.15) is 51.0 Å². The molecule has 0 bridgehead atoms. The molecule has 4 rings (SSSR count). The van der Waals surface area contributed by atoms with Gasteiger partial charge in [-0.1, -0.05) is 30.3 Å². The highest BCUT2D eigenvalue weighted by molar-refractivity contribution is 7.88. The molecule has 1 unspecified atom stereocenters. The molecule has 0 aromatic heterocycles. The van der Waals surface area contributed by atoms with E-state index in [9.17, 15) is 32.4 Å². The number of carbonyl (C=O) groups is 5. The molecule has 0 spiro atoms. The summed E-state index contributed by atoms with van der Waals surface area (Å²) in [6.45, 7) is 0.890. The number of nitrogens with two attached hydrogens (primary N) is 1. The number of piperazine rings is 1. The van der Waals surface area contributed by atoms with Crippen molar-refractivity contribution in [3.63, 3.8) is 0 Å². The first-order valence-electron chi connectivity index (χ1n) is 13.8. The van der Waals surface area contributed by atoms with Gasteiger partial charge in [-0.25, -0.2) is 8.42 Å². The molecule has 224 valence electrons. The van der Waals surface area contributed by atoms with Crippen molar-refractivity contribution in [2.45, 2.75) is 81.4 Å². The smallest absolute Gasteiger partial charge is 0.325 e. The second-order valence-corrected chi connectivity index (χ2v) is 13.1. The monoisotopic (exact) mass is 591 g/mol. The molecule has 2 heterocycles. The van der Waals surface area contributed by atoms with Crippen molar-refractivity contribution in [2.24, 2.45) is 11.7 Å². The maximum atomic E-state index is 13.5. The average Bonchev–Trinajstić information content (AvgIpc) is 3.37. The summed E-state index contributed by atoms with van der Waals surface area (Å²) < 4.78 is 27.3.